The van der Waals surface area contributed by atoms with Gasteiger partial charge in [-0.05, 0) is 24.6 Å². The van der Waals surface area contributed by atoms with Crippen LogP contribution in [0.25, 0.3) is 0 Å². The van der Waals surface area contributed by atoms with Crippen molar-refractivity contribution in [2.45, 2.75) is 13.0 Å². The summed E-state index contributed by atoms with van der Waals surface area (Å²) in [6.45, 7) is 4.23. The van der Waals surface area contributed by atoms with Crippen molar-refractivity contribution in [1.29, 1.82) is 0 Å². The molecule has 23 heavy (non-hydrogen) atoms. The molecule has 1 unspecified atom stereocenters. The van der Waals surface area contributed by atoms with Gasteiger partial charge in [0.05, 0.1) is 0 Å². The molecule has 0 saturated carbocycles. The van der Waals surface area contributed by atoms with Crippen molar-refractivity contribution >= 4 is 34.2 Å². The highest BCUT2D eigenvalue weighted by Gasteiger charge is 2.31. The summed E-state index contributed by atoms with van der Waals surface area (Å²) in [5.74, 6) is 0.960. The molecule has 7 heteroatoms. The highest BCUT2D eigenvalue weighted by molar-refractivity contribution is 9.10. The van der Waals surface area contributed by atoms with Crippen molar-refractivity contribution in [1.82, 2.24) is 19.8 Å². The van der Waals surface area contributed by atoms with Gasteiger partial charge in [-0.2, -0.15) is 0 Å². The number of imidazole rings is 1. The quantitative estimate of drug-likeness (QED) is 0.845. The number of halogens is 2. The number of amides is 1. The first-order chi connectivity index (χ1) is 10.6. The minimum absolute atomic E-state index is 0. The van der Waals surface area contributed by atoms with Crippen LogP contribution in [0.2, 0.25) is 0 Å². The van der Waals surface area contributed by atoms with Crippen molar-refractivity contribution in [3.8, 4) is 0 Å². The maximum atomic E-state index is 12.9. The molecule has 0 bridgehead atoms. The smallest absolute Gasteiger partial charge is 0.254 e. The number of hydrogen-bond acceptors (Lipinski definition) is 3. The first kappa shape index (κ1) is 18.0. The highest BCUT2D eigenvalue weighted by atomic mass is 79.9. The lowest BCUT2D eigenvalue weighted by atomic mass is 10.1. The Morgan fingerprint density at radius 1 is 1.43 bits per heavy atom. The fourth-order valence-electron chi connectivity index (χ4n) is 2.77. The Balaban J connectivity index is 0.00000192. The zero-order valence-corrected chi connectivity index (χ0v) is 15.5. The molecule has 0 aliphatic carbocycles. The number of carbonyl (C=O) groups is 1. The Morgan fingerprint density at radius 2 is 2.22 bits per heavy atom. The summed E-state index contributed by atoms with van der Waals surface area (Å²) in [7, 11) is 1.96. The molecule has 1 atom stereocenters. The number of aryl methyl sites for hydroxylation is 2. The van der Waals surface area contributed by atoms with E-state index in [1.165, 1.54) is 0 Å². The van der Waals surface area contributed by atoms with Gasteiger partial charge in [-0.3, -0.25) is 4.79 Å². The molecule has 5 nitrogen and oxygen atoms in total. The van der Waals surface area contributed by atoms with E-state index < -0.39 is 0 Å². The van der Waals surface area contributed by atoms with E-state index in [1.54, 1.807) is 6.20 Å². The summed E-state index contributed by atoms with van der Waals surface area (Å²) >= 11 is 3.50. The molecule has 1 aliphatic heterocycles. The summed E-state index contributed by atoms with van der Waals surface area (Å²) in [5.41, 5.74) is 1.83. The third-order valence-corrected chi connectivity index (χ3v) is 4.93. The SMILES string of the molecule is Cc1ccc(C(=O)N2CCNCC2c2nccn2C)cc1Br.Cl. The predicted molar refractivity (Wildman–Crippen MR) is 96.0 cm³/mol. The summed E-state index contributed by atoms with van der Waals surface area (Å²) in [6, 6.07) is 5.71. The van der Waals surface area contributed by atoms with Crippen molar-refractivity contribution < 1.29 is 4.79 Å². The number of rotatable bonds is 2. The third-order valence-electron chi connectivity index (χ3n) is 4.08. The zero-order chi connectivity index (χ0) is 15.7. The standard InChI is InChI=1S/C16H19BrN4O.ClH/c1-11-3-4-12(9-13(11)17)16(22)21-8-5-18-10-14(21)15-19-6-7-20(15)2;/h3-4,6-7,9,14,18H,5,8,10H2,1-2H3;1H. The molecular weight excluding hydrogens is 380 g/mol. The number of aromatic nitrogens is 2. The molecule has 2 aromatic rings. The number of carbonyl (C=O) groups excluding carboxylic acids is 1. The molecule has 1 fully saturated rings. The topological polar surface area (TPSA) is 50.2 Å². The van der Waals surface area contributed by atoms with Gasteiger partial charge in [0.15, 0.2) is 0 Å². The average Bonchev–Trinajstić information content (AvgIpc) is 2.95. The number of hydrogen-bond donors (Lipinski definition) is 1. The largest absolute Gasteiger partial charge is 0.336 e. The van der Waals surface area contributed by atoms with Crippen LogP contribution in [-0.2, 0) is 7.05 Å². The average molecular weight is 400 g/mol. The highest BCUT2D eigenvalue weighted by Crippen LogP contribution is 2.24. The number of benzene rings is 1. The normalized spacial score (nSPS) is 17.7. The minimum Gasteiger partial charge on any atom is -0.336 e. The van der Waals surface area contributed by atoms with Crippen molar-refractivity contribution in [2.75, 3.05) is 19.6 Å². The summed E-state index contributed by atoms with van der Waals surface area (Å²) in [5, 5.41) is 3.35. The van der Waals surface area contributed by atoms with Gasteiger partial charge in [0, 0.05) is 49.1 Å². The predicted octanol–water partition coefficient (Wildman–Crippen LogP) is 2.70. The third kappa shape index (κ3) is 3.59. The Morgan fingerprint density at radius 3 is 2.87 bits per heavy atom. The molecule has 1 aliphatic rings. The second-order valence-electron chi connectivity index (χ2n) is 5.58. The van der Waals surface area contributed by atoms with Crippen LogP contribution in [0.15, 0.2) is 35.1 Å². The van der Waals surface area contributed by atoms with E-state index >= 15 is 0 Å². The lowest BCUT2D eigenvalue weighted by Gasteiger charge is -2.35. The van der Waals surface area contributed by atoms with Gasteiger partial charge >= 0.3 is 0 Å². The van der Waals surface area contributed by atoms with E-state index in [9.17, 15) is 4.79 Å². The van der Waals surface area contributed by atoms with Crippen molar-refractivity contribution in [3.05, 3.63) is 52.0 Å². The van der Waals surface area contributed by atoms with Crippen molar-refractivity contribution in [2.24, 2.45) is 7.05 Å². The van der Waals surface area contributed by atoms with E-state index in [4.69, 9.17) is 0 Å². The van der Waals surface area contributed by atoms with Gasteiger partial charge in [-0.15, -0.1) is 12.4 Å². The number of piperazine rings is 1. The van der Waals surface area contributed by atoms with Crippen LogP contribution in [0.5, 0.6) is 0 Å². The van der Waals surface area contributed by atoms with E-state index in [0.717, 1.165) is 29.0 Å². The van der Waals surface area contributed by atoms with Gasteiger partial charge in [0.25, 0.3) is 5.91 Å². The molecule has 1 aromatic heterocycles. The Labute approximate surface area is 150 Å². The lowest BCUT2D eigenvalue weighted by Crippen LogP contribution is -2.49. The summed E-state index contributed by atoms with van der Waals surface area (Å²) < 4.78 is 2.94. The molecule has 124 valence electrons. The van der Waals surface area contributed by atoms with Crippen LogP contribution in [0.3, 0.4) is 0 Å². The second kappa shape index (κ2) is 7.47. The molecule has 0 spiro atoms. The summed E-state index contributed by atoms with van der Waals surface area (Å²) in [4.78, 5) is 19.3. The van der Waals surface area contributed by atoms with Gasteiger partial charge in [0.2, 0.25) is 0 Å². The zero-order valence-electron chi connectivity index (χ0n) is 13.1. The number of nitrogens with zero attached hydrogens (tertiary/aromatic N) is 3. The molecule has 1 amide bonds. The Kier molecular flexibility index (Phi) is 5.84. The Bertz CT molecular complexity index is 703. The van der Waals surface area contributed by atoms with Crippen LogP contribution >= 0.6 is 28.3 Å². The van der Waals surface area contributed by atoms with Crippen LogP contribution in [0, 0.1) is 6.92 Å². The Hall–Kier alpha value is -1.37. The monoisotopic (exact) mass is 398 g/mol. The molecular formula is C16H20BrClN4O. The molecule has 3 rings (SSSR count). The van der Waals surface area contributed by atoms with Gasteiger partial charge < -0.3 is 14.8 Å². The molecule has 1 saturated heterocycles. The van der Waals surface area contributed by atoms with Gasteiger partial charge in [0.1, 0.15) is 11.9 Å². The first-order valence-corrected chi connectivity index (χ1v) is 8.12. The van der Waals surface area contributed by atoms with Gasteiger partial charge in [-0.1, -0.05) is 22.0 Å². The van der Waals surface area contributed by atoms with Crippen LogP contribution in [0.1, 0.15) is 27.8 Å². The molecule has 1 aromatic carbocycles. The first-order valence-electron chi connectivity index (χ1n) is 7.33. The van der Waals surface area contributed by atoms with Crippen molar-refractivity contribution in [3.63, 3.8) is 0 Å². The lowest BCUT2D eigenvalue weighted by molar-refractivity contribution is 0.0621. The number of nitrogens with one attached hydrogen (secondary N) is 1. The van der Waals surface area contributed by atoms with Gasteiger partial charge in [-0.25, -0.2) is 4.98 Å². The molecule has 1 N–H and O–H groups in total. The second-order valence-corrected chi connectivity index (χ2v) is 6.43. The van der Waals surface area contributed by atoms with E-state index in [-0.39, 0.29) is 24.4 Å². The summed E-state index contributed by atoms with van der Waals surface area (Å²) in [6.07, 6.45) is 3.68. The molecule has 0 radical (unpaired) electrons. The fourth-order valence-corrected chi connectivity index (χ4v) is 3.15. The fraction of sp³-hybridized carbons (Fsp3) is 0.375. The molecule has 2 heterocycles. The van der Waals surface area contributed by atoms with Crippen LogP contribution in [0.4, 0.5) is 0 Å². The maximum absolute atomic E-state index is 12.9. The van der Waals surface area contributed by atoms with E-state index in [0.29, 0.717) is 12.1 Å². The minimum atomic E-state index is -0.0404. The maximum Gasteiger partial charge on any atom is 0.254 e. The van der Waals surface area contributed by atoms with E-state index in [1.807, 2.05) is 47.8 Å². The van der Waals surface area contributed by atoms with Crippen LogP contribution in [-0.4, -0.2) is 40.0 Å². The van der Waals surface area contributed by atoms with Crippen LogP contribution < -0.4 is 5.32 Å². The van der Waals surface area contributed by atoms with E-state index in [2.05, 4.69) is 26.2 Å².